The number of nitrogens with zero attached hydrogens (tertiary/aromatic N) is 1. The van der Waals surface area contributed by atoms with E-state index in [-0.39, 0.29) is 0 Å². The first-order chi connectivity index (χ1) is 9.74. The first kappa shape index (κ1) is 13.7. The smallest absolute Gasteiger partial charge is 0.115 e. The fraction of sp³-hybridized carbons (Fsp3) is 0.556. The van der Waals surface area contributed by atoms with Crippen LogP contribution in [0.1, 0.15) is 37.7 Å². The molecule has 2 fully saturated rings. The zero-order valence-electron chi connectivity index (χ0n) is 12.2. The van der Waals surface area contributed by atoms with Crippen molar-refractivity contribution in [1.29, 1.82) is 0 Å². The second-order valence-electron chi connectivity index (χ2n) is 6.45. The fourth-order valence-electron chi connectivity index (χ4n) is 4.36. The van der Waals surface area contributed by atoms with Gasteiger partial charge in [-0.05, 0) is 49.4 Å². The van der Waals surface area contributed by atoms with Crippen LogP contribution in [0.4, 0.5) is 0 Å². The molecule has 1 N–H and O–H groups in total. The number of phenols is 1. The number of rotatable bonds is 3. The van der Waals surface area contributed by atoms with Crippen molar-refractivity contribution in [1.82, 2.24) is 4.90 Å². The minimum Gasteiger partial charge on any atom is -0.508 e. The lowest BCUT2D eigenvalue weighted by atomic mass is 9.59. The number of phenolic OH excluding ortho intramolecular Hbond substituents is 1. The summed E-state index contributed by atoms with van der Waals surface area (Å²) in [7, 11) is 0. The number of piperidine rings is 1. The van der Waals surface area contributed by atoms with E-state index in [0.29, 0.717) is 11.2 Å². The highest BCUT2D eigenvalue weighted by Gasteiger charge is 2.45. The number of likely N-dealkylation sites (tertiary alicyclic amines) is 1. The van der Waals surface area contributed by atoms with Crippen LogP contribution in [0.2, 0.25) is 0 Å². The van der Waals surface area contributed by atoms with Gasteiger partial charge in [0.15, 0.2) is 0 Å². The van der Waals surface area contributed by atoms with E-state index in [1.54, 1.807) is 6.07 Å². The van der Waals surface area contributed by atoms with Crippen LogP contribution in [0.15, 0.2) is 36.9 Å². The van der Waals surface area contributed by atoms with Gasteiger partial charge in [0.2, 0.25) is 0 Å². The van der Waals surface area contributed by atoms with Gasteiger partial charge in [-0.25, -0.2) is 0 Å². The molecule has 1 aromatic rings. The molecular formula is C18H25NO. The van der Waals surface area contributed by atoms with Crippen molar-refractivity contribution in [3.05, 3.63) is 42.5 Å². The quantitative estimate of drug-likeness (QED) is 0.847. The molecule has 1 aliphatic heterocycles. The first-order valence-electron chi connectivity index (χ1n) is 7.87. The maximum Gasteiger partial charge on any atom is 0.115 e. The van der Waals surface area contributed by atoms with Crippen LogP contribution in [0.3, 0.4) is 0 Å². The Morgan fingerprint density at radius 1 is 1.35 bits per heavy atom. The van der Waals surface area contributed by atoms with Crippen molar-refractivity contribution in [3.8, 4) is 5.75 Å². The van der Waals surface area contributed by atoms with Gasteiger partial charge in [-0.3, -0.25) is 4.90 Å². The average Bonchev–Trinajstić information content (AvgIpc) is 2.47. The molecule has 0 spiro atoms. The summed E-state index contributed by atoms with van der Waals surface area (Å²) in [5.74, 6) is 1.14. The standard InChI is InChI=1S/C18H25NO/c1-2-11-19-12-10-18(9-4-3-6-16(18)14-19)15-7-5-8-17(20)13-15/h2,5,7-8,13,16,20H,1,3-4,6,9-12,14H2/t16-,18-/m0/s1. The largest absolute Gasteiger partial charge is 0.508 e. The SMILES string of the molecule is C=CCN1CC[C@]2(c3cccc(O)c3)CCCC[C@H]2C1. The van der Waals surface area contributed by atoms with E-state index in [1.165, 1.54) is 44.2 Å². The van der Waals surface area contributed by atoms with Crippen LogP contribution in [0, 0.1) is 5.92 Å². The van der Waals surface area contributed by atoms with Crippen molar-refractivity contribution in [2.24, 2.45) is 5.92 Å². The predicted molar refractivity (Wildman–Crippen MR) is 83.0 cm³/mol. The highest BCUT2D eigenvalue weighted by Crippen LogP contribution is 2.49. The number of aromatic hydroxyl groups is 1. The van der Waals surface area contributed by atoms with Gasteiger partial charge in [-0.15, -0.1) is 6.58 Å². The molecular weight excluding hydrogens is 246 g/mol. The summed E-state index contributed by atoms with van der Waals surface area (Å²) < 4.78 is 0. The number of benzene rings is 1. The Morgan fingerprint density at radius 2 is 2.25 bits per heavy atom. The van der Waals surface area contributed by atoms with Crippen LogP contribution in [0.25, 0.3) is 0 Å². The van der Waals surface area contributed by atoms with Crippen molar-refractivity contribution in [2.45, 2.75) is 37.5 Å². The van der Waals surface area contributed by atoms with Gasteiger partial charge < -0.3 is 5.11 Å². The van der Waals surface area contributed by atoms with E-state index in [9.17, 15) is 5.11 Å². The molecule has 1 saturated carbocycles. The van der Waals surface area contributed by atoms with Gasteiger partial charge in [-0.2, -0.15) is 0 Å². The molecule has 2 atom stereocenters. The molecule has 0 unspecified atom stereocenters. The van der Waals surface area contributed by atoms with Crippen molar-refractivity contribution < 1.29 is 5.11 Å². The Bertz CT molecular complexity index is 484. The third-order valence-electron chi connectivity index (χ3n) is 5.37. The molecule has 1 heterocycles. The molecule has 0 radical (unpaired) electrons. The lowest BCUT2D eigenvalue weighted by Gasteiger charge is -2.51. The van der Waals surface area contributed by atoms with Gasteiger partial charge in [0.1, 0.15) is 5.75 Å². The molecule has 108 valence electrons. The molecule has 1 aliphatic carbocycles. The molecule has 0 amide bonds. The van der Waals surface area contributed by atoms with E-state index in [1.807, 2.05) is 18.2 Å². The maximum absolute atomic E-state index is 9.84. The summed E-state index contributed by atoms with van der Waals surface area (Å²) in [5.41, 5.74) is 1.66. The highest BCUT2D eigenvalue weighted by molar-refractivity contribution is 5.35. The minimum absolute atomic E-state index is 0.300. The molecule has 1 aromatic carbocycles. The molecule has 1 saturated heterocycles. The number of hydrogen-bond acceptors (Lipinski definition) is 2. The minimum atomic E-state index is 0.300. The van der Waals surface area contributed by atoms with Gasteiger partial charge in [0, 0.05) is 18.5 Å². The Balaban J connectivity index is 1.90. The van der Waals surface area contributed by atoms with Crippen LogP contribution >= 0.6 is 0 Å². The fourth-order valence-corrected chi connectivity index (χ4v) is 4.36. The van der Waals surface area contributed by atoms with Crippen molar-refractivity contribution in [2.75, 3.05) is 19.6 Å². The Kier molecular flexibility index (Phi) is 3.84. The van der Waals surface area contributed by atoms with Gasteiger partial charge in [-0.1, -0.05) is 31.1 Å². The second kappa shape index (κ2) is 5.61. The lowest BCUT2D eigenvalue weighted by Crippen LogP contribution is -2.51. The van der Waals surface area contributed by atoms with E-state index in [2.05, 4.69) is 17.5 Å². The Morgan fingerprint density at radius 3 is 3.05 bits per heavy atom. The van der Waals surface area contributed by atoms with Crippen LogP contribution in [-0.2, 0) is 5.41 Å². The predicted octanol–water partition coefficient (Wildman–Crippen LogP) is 3.71. The molecule has 2 nitrogen and oxygen atoms in total. The number of fused-ring (bicyclic) bond motifs is 1. The molecule has 2 heteroatoms. The van der Waals surface area contributed by atoms with Gasteiger partial charge >= 0.3 is 0 Å². The number of hydrogen-bond donors (Lipinski definition) is 1. The topological polar surface area (TPSA) is 23.5 Å². The summed E-state index contributed by atoms with van der Waals surface area (Å²) in [6.07, 6.45) is 8.52. The van der Waals surface area contributed by atoms with E-state index < -0.39 is 0 Å². The van der Waals surface area contributed by atoms with E-state index >= 15 is 0 Å². The Hall–Kier alpha value is -1.28. The van der Waals surface area contributed by atoms with Crippen molar-refractivity contribution in [3.63, 3.8) is 0 Å². The first-order valence-corrected chi connectivity index (χ1v) is 7.87. The average molecular weight is 271 g/mol. The van der Waals surface area contributed by atoms with Crippen LogP contribution < -0.4 is 0 Å². The third-order valence-corrected chi connectivity index (χ3v) is 5.37. The lowest BCUT2D eigenvalue weighted by molar-refractivity contribution is 0.0627. The van der Waals surface area contributed by atoms with Gasteiger partial charge in [0.05, 0.1) is 0 Å². The maximum atomic E-state index is 9.84. The van der Waals surface area contributed by atoms with Crippen LogP contribution in [-0.4, -0.2) is 29.6 Å². The van der Waals surface area contributed by atoms with Gasteiger partial charge in [0.25, 0.3) is 0 Å². The summed E-state index contributed by atoms with van der Waals surface area (Å²) in [5, 5.41) is 9.84. The van der Waals surface area contributed by atoms with Crippen LogP contribution in [0.5, 0.6) is 5.75 Å². The summed E-state index contributed by atoms with van der Waals surface area (Å²) in [4.78, 5) is 2.53. The third kappa shape index (κ3) is 2.37. The highest BCUT2D eigenvalue weighted by atomic mass is 16.3. The van der Waals surface area contributed by atoms with E-state index in [0.717, 1.165) is 19.0 Å². The molecule has 0 aromatic heterocycles. The molecule has 20 heavy (non-hydrogen) atoms. The Labute approximate surface area is 122 Å². The molecule has 0 bridgehead atoms. The molecule has 3 rings (SSSR count). The zero-order valence-corrected chi connectivity index (χ0v) is 12.2. The van der Waals surface area contributed by atoms with Crippen molar-refractivity contribution >= 4 is 0 Å². The normalized spacial score (nSPS) is 30.7. The molecule has 2 aliphatic rings. The summed E-state index contributed by atoms with van der Waals surface area (Å²) in [6, 6.07) is 8.01. The summed E-state index contributed by atoms with van der Waals surface area (Å²) in [6.45, 7) is 7.21. The zero-order chi connectivity index (χ0) is 14.0. The summed E-state index contributed by atoms with van der Waals surface area (Å²) >= 11 is 0. The second-order valence-corrected chi connectivity index (χ2v) is 6.45. The van der Waals surface area contributed by atoms with E-state index in [4.69, 9.17) is 0 Å². The monoisotopic (exact) mass is 271 g/mol.